The summed E-state index contributed by atoms with van der Waals surface area (Å²) in [7, 11) is 13.4. The number of benzene rings is 10. The molecule has 15 rings (SSSR count). The summed E-state index contributed by atoms with van der Waals surface area (Å²) in [6.07, 6.45) is -10.9. The van der Waals surface area contributed by atoms with E-state index in [1.165, 1.54) is 69.0 Å². The van der Waals surface area contributed by atoms with Crippen molar-refractivity contribution in [1.82, 2.24) is 0 Å². The first-order valence-corrected chi connectivity index (χ1v) is 43.0. The van der Waals surface area contributed by atoms with Gasteiger partial charge in [0.05, 0.1) is 97.4 Å². The molecule has 0 saturated heterocycles. The number of hydrogen-bond donors (Lipinski definition) is 4. The second kappa shape index (κ2) is 48.1. The molecule has 0 radical (unpaired) electrons. The lowest BCUT2D eigenvalue weighted by Gasteiger charge is -2.24. The topological polar surface area (TPSA) is 427 Å². The van der Waals surface area contributed by atoms with Gasteiger partial charge in [0.25, 0.3) is 0 Å². The normalized spacial score (nSPS) is 12.7. The highest BCUT2D eigenvalue weighted by Crippen LogP contribution is 2.54. The summed E-state index contributed by atoms with van der Waals surface area (Å²) in [6, 6.07) is 35.6. The van der Waals surface area contributed by atoms with Crippen molar-refractivity contribution >= 4 is 57.8 Å². The number of aromatic hydroxyl groups is 4. The van der Waals surface area contributed by atoms with Crippen molar-refractivity contribution in [3.8, 4) is 132 Å². The Morgan fingerprint density at radius 1 is 0.264 bits per heavy atom. The number of ether oxygens (including phenoxy) is 19. The van der Waals surface area contributed by atoms with Gasteiger partial charge in [0.2, 0.25) is 46.0 Å². The van der Waals surface area contributed by atoms with E-state index in [0.717, 1.165) is 42.5 Å². The lowest BCUT2D eigenvalue weighted by Crippen LogP contribution is -2.18. The Bertz CT molecular complexity index is 6260. The minimum Gasteiger partial charge on any atom is -0.507 e. The van der Waals surface area contributed by atoms with Crippen LogP contribution in [-0.2, 0) is 12.4 Å². The van der Waals surface area contributed by atoms with Crippen molar-refractivity contribution in [2.45, 2.75) is 76.6 Å². The third-order valence-electron chi connectivity index (χ3n) is 21.7. The van der Waals surface area contributed by atoms with E-state index in [1.54, 1.807) is 98.1 Å². The monoisotopic (exact) mass is 1950 g/mol. The number of ketones is 10. The molecular formula is C101H96F6O33. The van der Waals surface area contributed by atoms with Gasteiger partial charge in [0.15, 0.2) is 115 Å². The Morgan fingerprint density at radius 3 is 0.964 bits per heavy atom. The molecule has 10 aromatic rings. The Labute approximate surface area is 796 Å². The van der Waals surface area contributed by atoms with Crippen LogP contribution in [0.25, 0.3) is 0 Å². The maximum atomic E-state index is 13.0. The van der Waals surface area contributed by atoms with Crippen LogP contribution in [0.1, 0.15) is 179 Å². The molecule has 10 aromatic carbocycles. The summed E-state index contributed by atoms with van der Waals surface area (Å²) in [6.45, 7) is 2.88. The molecule has 33 nitrogen and oxygen atoms in total. The molecule has 0 saturated carbocycles. The van der Waals surface area contributed by atoms with E-state index in [-0.39, 0.29) is 151 Å². The Balaban J connectivity index is 0.000000167. The number of rotatable bonds is 34. The second-order valence-electron chi connectivity index (χ2n) is 30.3. The number of phenols is 4. The number of para-hydroxylation sites is 1. The van der Waals surface area contributed by atoms with Crippen LogP contribution in [-0.4, -0.2) is 208 Å². The highest BCUT2D eigenvalue weighted by Gasteiger charge is 2.38. The molecule has 0 spiro atoms. The lowest BCUT2D eigenvalue weighted by atomic mass is 9.97. The Morgan fingerprint density at radius 2 is 0.586 bits per heavy atom. The number of phenolic OH excluding ortho intramolecular Hbond substituents is 4. The number of fused-ring (bicyclic) bond motifs is 5. The van der Waals surface area contributed by atoms with Crippen molar-refractivity contribution in [2.24, 2.45) is 0 Å². The van der Waals surface area contributed by atoms with Crippen LogP contribution in [0.4, 0.5) is 26.3 Å². The average molecular weight is 1950 g/mol. The van der Waals surface area contributed by atoms with Crippen LogP contribution in [0.2, 0.25) is 0 Å². The molecule has 140 heavy (non-hydrogen) atoms. The molecule has 0 fully saturated rings. The van der Waals surface area contributed by atoms with Crippen LogP contribution in [0, 0.1) is 0 Å². The van der Waals surface area contributed by atoms with Gasteiger partial charge in [-0.1, -0.05) is 54.6 Å². The molecule has 4 N–H and O–H groups in total. The molecule has 0 aliphatic carbocycles. The lowest BCUT2D eigenvalue weighted by molar-refractivity contribution is -0.138. The predicted octanol–water partition coefficient (Wildman–Crippen LogP) is 17.5. The summed E-state index contributed by atoms with van der Waals surface area (Å²) in [4.78, 5) is 125. The molecule has 0 amide bonds. The number of alkyl halides is 6. The minimum atomic E-state index is -4.71. The van der Waals surface area contributed by atoms with Crippen LogP contribution in [0.5, 0.6) is 132 Å². The molecule has 740 valence electrons. The molecule has 5 heterocycles. The smallest absolute Gasteiger partial charge is 0.417 e. The van der Waals surface area contributed by atoms with Gasteiger partial charge in [-0.3, -0.25) is 47.9 Å². The first-order chi connectivity index (χ1) is 67.1. The number of carbonyl (C=O) groups excluding carboxylic acids is 10. The van der Waals surface area contributed by atoms with Gasteiger partial charge >= 0.3 is 12.4 Å². The summed E-state index contributed by atoms with van der Waals surface area (Å²) < 4.78 is 180. The van der Waals surface area contributed by atoms with E-state index in [0.29, 0.717) is 143 Å². The van der Waals surface area contributed by atoms with Gasteiger partial charge in [0.1, 0.15) is 106 Å². The SMILES string of the molecule is COc1ccc(C(=O)CCC(=O)c2cc(OC)c3c(c2OC)OCCO3)cc1.COc1cccc(C(=O)CCC(=O)c2cc(OC)c3c(c2OC)OCCO3)c1.COc1ccccc1C(=O)CCC(=O)c1cc(OC)c2c(c1OC)OCCO2.O=C(CCC(=O)c1c(O)cc2c(c1O)OCCO2)c1cccc(C(F)(F)F)c1.O=C(CCC(=O)c1c(O)cc2c(c1O)OCCO2)c1ccccc1C(F)(F)F. The fourth-order valence-corrected chi connectivity index (χ4v) is 14.8. The fourth-order valence-electron chi connectivity index (χ4n) is 14.8. The van der Waals surface area contributed by atoms with E-state index in [2.05, 4.69) is 0 Å². The zero-order valence-electron chi connectivity index (χ0n) is 77.0. The molecule has 0 aromatic heterocycles. The number of carbonyl (C=O) groups is 10. The van der Waals surface area contributed by atoms with Crippen LogP contribution in [0.3, 0.4) is 0 Å². The molecule has 5 aliphatic heterocycles. The Hall–Kier alpha value is -16.1. The molecule has 5 aliphatic rings. The first-order valence-electron chi connectivity index (χ1n) is 43.0. The first kappa shape index (κ1) is 104. The van der Waals surface area contributed by atoms with Crippen molar-refractivity contribution in [3.63, 3.8) is 0 Å². The Kier molecular flexibility index (Phi) is 35.8. The van der Waals surface area contributed by atoms with Gasteiger partial charge in [-0.2, -0.15) is 26.3 Å². The van der Waals surface area contributed by atoms with E-state index < -0.39 is 112 Å². The molecule has 39 heteroatoms. The molecule has 0 atom stereocenters. The van der Waals surface area contributed by atoms with E-state index >= 15 is 0 Å². The summed E-state index contributed by atoms with van der Waals surface area (Å²) >= 11 is 0. The zero-order chi connectivity index (χ0) is 101. The fraction of sp³-hybridized carbons (Fsp3) is 0.307. The number of halogens is 6. The third kappa shape index (κ3) is 25.2. The third-order valence-corrected chi connectivity index (χ3v) is 21.7. The highest BCUT2D eigenvalue weighted by atomic mass is 19.4. The van der Waals surface area contributed by atoms with E-state index in [9.17, 15) is 94.7 Å². The summed E-state index contributed by atoms with van der Waals surface area (Å²) in [5.41, 5.74) is -1.32. The number of methoxy groups -OCH3 is 9. The number of hydrogen-bond acceptors (Lipinski definition) is 33. The minimum absolute atomic E-state index is 0.00996. The van der Waals surface area contributed by atoms with Gasteiger partial charge in [-0.15, -0.1) is 0 Å². The maximum absolute atomic E-state index is 13.0. The van der Waals surface area contributed by atoms with Gasteiger partial charge in [-0.05, 0) is 84.9 Å². The van der Waals surface area contributed by atoms with Gasteiger partial charge < -0.3 is 110 Å². The molecule has 0 bridgehead atoms. The quantitative estimate of drug-likeness (QED) is 0.0215. The average Bonchev–Trinajstić information content (AvgIpc) is 0.788. The van der Waals surface area contributed by atoms with E-state index in [1.807, 2.05) is 0 Å². The maximum Gasteiger partial charge on any atom is 0.417 e. The van der Waals surface area contributed by atoms with Gasteiger partial charge in [0, 0.05) is 98.6 Å². The standard InChI is InChI=1S/3C21H22O7.2C19H15F3O6/c1-24-14-6-4-13(5-7-14)16(22)8-9-17(23)15-12-18(25-2)20-21(19(15)26-3)28-11-10-27-20;1-24-14-6-4-5-13(11-14)16(22)7-8-17(23)15-12-18(25-2)20-21(19(15)26-3)28-10-9-27-20;1-24-17-7-5-4-6-13(17)15(22)8-9-16(23)14-12-18(25-2)20-21(19(14)26-3)28-11-10-27-20;20-19(21,22)11-3-1-2-10(8-11)12(23)4-5-13(24)16-14(25)9-15-18(17(16)26)28-7-6-27-15;20-19(21,22)11-4-2-1-3-10(11)12(23)5-6-13(24)16-14(25)9-15-18(17(16)26)28-8-7-27-15/h4-7,12H,8-11H2,1-3H3;4-6,11-12H,7-10H2,1-3H3;4-7,12H,8-11H2,1-3H3;1-3,8-9,25-26H,4-7H2;1-4,9,25-26H,5-8H2. The zero-order valence-corrected chi connectivity index (χ0v) is 77.0. The van der Waals surface area contributed by atoms with Crippen molar-refractivity contribution in [3.05, 3.63) is 218 Å². The van der Waals surface area contributed by atoms with Crippen LogP contribution < -0.4 is 90.0 Å². The largest absolute Gasteiger partial charge is 0.507 e. The number of Topliss-reactive ketones (excluding diaryl/α,β-unsaturated/α-hetero) is 10. The van der Waals surface area contributed by atoms with Crippen LogP contribution in [0.15, 0.2) is 152 Å². The molecular weight excluding hydrogens is 1860 g/mol. The van der Waals surface area contributed by atoms with Crippen molar-refractivity contribution in [2.75, 3.05) is 130 Å². The second-order valence-corrected chi connectivity index (χ2v) is 30.3. The summed E-state index contributed by atoms with van der Waals surface area (Å²) in [5.74, 6) is -0.687. The highest BCUT2D eigenvalue weighted by molar-refractivity contribution is 6.10. The van der Waals surface area contributed by atoms with Gasteiger partial charge in [-0.25, -0.2) is 0 Å². The molecule has 0 unspecified atom stereocenters. The predicted molar refractivity (Wildman–Crippen MR) is 484 cm³/mol. The van der Waals surface area contributed by atoms with Crippen molar-refractivity contribution in [1.29, 1.82) is 0 Å². The van der Waals surface area contributed by atoms with Crippen LogP contribution >= 0.6 is 0 Å². The van der Waals surface area contributed by atoms with Crippen molar-refractivity contribution < 1.29 is 185 Å². The summed E-state index contributed by atoms with van der Waals surface area (Å²) in [5, 5.41) is 40.4. The van der Waals surface area contributed by atoms with E-state index in [4.69, 9.17) is 90.0 Å².